The molecule has 0 saturated carbocycles. The lowest BCUT2D eigenvalue weighted by Crippen LogP contribution is -1.96. The van der Waals surface area contributed by atoms with Gasteiger partial charge in [-0.2, -0.15) is 0 Å². The maximum atomic E-state index is 13.7. The minimum absolute atomic E-state index is 0.140. The van der Waals surface area contributed by atoms with Crippen LogP contribution in [-0.2, 0) is 6.42 Å². The smallest absolute Gasteiger partial charge is 0.213 e. The molecule has 0 fully saturated rings. The molecule has 22 heavy (non-hydrogen) atoms. The van der Waals surface area contributed by atoms with Gasteiger partial charge < -0.3 is 4.74 Å². The molecule has 0 atom stereocenters. The third-order valence-electron chi connectivity index (χ3n) is 2.99. The fourth-order valence-electron chi connectivity index (χ4n) is 1.98. The summed E-state index contributed by atoms with van der Waals surface area (Å²) in [6.45, 7) is 0. The van der Waals surface area contributed by atoms with Crippen molar-refractivity contribution < 1.29 is 9.13 Å². The molecule has 2 N–H and O–H groups in total. The van der Waals surface area contributed by atoms with Gasteiger partial charge in [-0.3, -0.25) is 10.2 Å². The molecule has 112 valence electrons. The Kier molecular flexibility index (Phi) is 4.22. The summed E-state index contributed by atoms with van der Waals surface area (Å²) in [5.41, 5.74) is 0.811. The van der Waals surface area contributed by atoms with Crippen LogP contribution >= 0.6 is 23.8 Å². The summed E-state index contributed by atoms with van der Waals surface area (Å²) in [5, 5.41) is 6.10. The molecule has 4 nitrogen and oxygen atoms in total. The third kappa shape index (κ3) is 3.35. The van der Waals surface area contributed by atoms with Crippen LogP contribution < -0.4 is 4.74 Å². The van der Waals surface area contributed by atoms with Gasteiger partial charge in [-0.15, -0.1) is 0 Å². The van der Waals surface area contributed by atoms with Crippen molar-refractivity contribution >= 4 is 23.8 Å². The van der Waals surface area contributed by atoms with Gasteiger partial charge in [-0.25, -0.2) is 9.37 Å². The van der Waals surface area contributed by atoms with Crippen molar-refractivity contribution in [2.45, 2.75) is 6.42 Å². The molecule has 0 amide bonds. The highest BCUT2D eigenvalue weighted by Gasteiger charge is 2.11. The van der Waals surface area contributed by atoms with Crippen LogP contribution in [0.15, 0.2) is 42.5 Å². The Morgan fingerprint density at radius 1 is 1.14 bits per heavy atom. The van der Waals surface area contributed by atoms with Crippen LogP contribution in [0.1, 0.15) is 11.4 Å². The highest BCUT2D eigenvalue weighted by Crippen LogP contribution is 2.30. The van der Waals surface area contributed by atoms with Crippen molar-refractivity contribution in [2.24, 2.45) is 0 Å². The van der Waals surface area contributed by atoms with E-state index in [0.717, 1.165) is 5.56 Å². The van der Waals surface area contributed by atoms with Crippen molar-refractivity contribution in [1.82, 2.24) is 15.2 Å². The van der Waals surface area contributed by atoms with Gasteiger partial charge in [-0.1, -0.05) is 29.8 Å². The topological polar surface area (TPSA) is 53.7 Å². The largest absolute Gasteiger partial charge is 0.454 e. The molecule has 0 aliphatic carbocycles. The second-order valence-electron chi connectivity index (χ2n) is 4.57. The highest BCUT2D eigenvalue weighted by atomic mass is 35.5. The number of H-pyrrole nitrogens is 2. The minimum atomic E-state index is -0.437. The van der Waals surface area contributed by atoms with E-state index in [4.69, 9.17) is 28.6 Å². The van der Waals surface area contributed by atoms with Gasteiger partial charge in [-0.05, 0) is 36.5 Å². The molecule has 0 spiro atoms. The molecule has 0 saturated heterocycles. The first-order chi connectivity index (χ1) is 10.6. The first-order valence-electron chi connectivity index (χ1n) is 6.46. The number of para-hydroxylation sites is 1. The van der Waals surface area contributed by atoms with Crippen molar-refractivity contribution in [2.75, 3.05) is 0 Å². The zero-order chi connectivity index (χ0) is 15.5. The number of benzene rings is 2. The van der Waals surface area contributed by atoms with E-state index in [2.05, 4.69) is 15.2 Å². The van der Waals surface area contributed by atoms with Crippen molar-refractivity contribution in [3.63, 3.8) is 0 Å². The van der Waals surface area contributed by atoms with Crippen LogP contribution in [0.4, 0.5) is 4.39 Å². The predicted octanol–water partition coefficient (Wildman–Crippen LogP) is 4.64. The first kappa shape index (κ1) is 14.7. The van der Waals surface area contributed by atoms with Gasteiger partial charge in [0, 0.05) is 17.0 Å². The number of aromatic nitrogens is 3. The van der Waals surface area contributed by atoms with E-state index in [1.165, 1.54) is 6.07 Å². The second kappa shape index (κ2) is 6.29. The van der Waals surface area contributed by atoms with Gasteiger partial charge in [0.1, 0.15) is 11.6 Å². The monoisotopic (exact) mass is 335 g/mol. The van der Waals surface area contributed by atoms with Crippen molar-refractivity contribution in [3.05, 3.63) is 69.5 Å². The van der Waals surface area contributed by atoms with Crippen LogP contribution in [0.2, 0.25) is 5.02 Å². The summed E-state index contributed by atoms with van der Waals surface area (Å²) in [4.78, 5) is 4.14. The molecule has 3 aromatic rings. The lowest BCUT2D eigenvalue weighted by Gasteiger charge is -2.11. The third-order valence-corrected chi connectivity index (χ3v) is 3.42. The van der Waals surface area contributed by atoms with Gasteiger partial charge in [0.25, 0.3) is 0 Å². The Bertz CT molecular complexity index is 862. The normalized spacial score (nSPS) is 10.6. The zero-order valence-corrected chi connectivity index (χ0v) is 12.8. The summed E-state index contributed by atoms with van der Waals surface area (Å²) >= 11 is 10.9. The average Bonchev–Trinajstić information content (AvgIpc) is 2.90. The van der Waals surface area contributed by atoms with Crippen LogP contribution in [0, 0.1) is 10.6 Å². The Hall–Kier alpha value is -2.18. The molecular formula is C15H11ClFN3OS. The van der Waals surface area contributed by atoms with Crippen molar-refractivity contribution in [3.8, 4) is 11.5 Å². The molecule has 0 aliphatic heterocycles. The summed E-state index contributed by atoms with van der Waals surface area (Å²) in [6, 6.07) is 11.4. The SMILES string of the molecule is Fc1ccccc1Oc1cc(Cl)ccc1Cc1nc(=S)[nH][nH]1. The number of hydrogen-bond acceptors (Lipinski definition) is 3. The Balaban J connectivity index is 1.94. The number of ether oxygens (including phenoxy) is 1. The fraction of sp³-hybridized carbons (Fsp3) is 0.0667. The Morgan fingerprint density at radius 2 is 1.95 bits per heavy atom. The maximum absolute atomic E-state index is 13.7. The molecule has 0 unspecified atom stereocenters. The van der Waals surface area contributed by atoms with E-state index in [0.29, 0.717) is 27.8 Å². The van der Waals surface area contributed by atoms with E-state index in [1.807, 2.05) is 6.07 Å². The molecule has 3 rings (SSSR count). The number of hydrogen-bond donors (Lipinski definition) is 2. The van der Waals surface area contributed by atoms with Gasteiger partial charge in [0.15, 0.2) is 11.6 Å². The molecule has 0 aliphatic rings. The molecule has 0 bridgehead atoms. The fourth-order valence-corrected chi connectivity index (χ4v) is 2.31. The quantitative estimate of drug-likeness (QED) is 0.683. The first-order valence-corrected chi connectivity index (χ1v) is 7.25. The predicted molar refractivity (Wildman–Crippen MR) is 84.5 cm³/mol. The molecule has 0 radical (unpaired) electrons. The lowest BCUT2D eigenvalue weighted by atomic mass is 10.1. The van der Waals surface area contributed by atoms with Crippen LogP contribution in [0.25, 0.3) is 0 Å². The summed E-state index contributed by atoms with van der Waals surface area (Å²) in [5.74, 6) is 0.833. The average molecular weight is 336 g/mol. The van der Waals surface area contributed by atoms with E-state index in [-0.39, 0.29) is 5.75 Å². The van der Waals surface area contributed by atoms with E-state index >= 15 is 0 Å². The standard InChI is InChI=1S/C15H11ClFN3OS/c16-10-6-5-9(7-14-18-15(22)20-19-14)13(8-10)21-12-4-2-1-3-11(12)17/h1-6,8H,7H2,(H2,18,19,20,22). The zero-order valence-electron chi connectivity index (χ0n) is 11.3. The van der Waals surface area contributed by atoms with Crippen LogP contribution in [0.3, 0.4) is 0 Å². The summed E-state index contributed by atoms with van der Waals surface area (Å²) in [6.07, 6.45) is 0.452. The Labute approximate surface area is 135 Å². The van der Waals surface area contributed by atoms with Gasteiger partial charge in [0.05, 0.1) is 0 Å². The molecule has 1 aromatic heterocycles. The number of halogens is 2. The van der Waals surface area contributed by atoms with E-state index in [1.54, 1.807) is 30.3 Å². The molecule has 2 aromatic carbocycles. The van der Waals surface area contributed by atoms with Crippen LogP contribution in [-0.4, -0.2) is 15.2 Å². The lowest BCUT2D eigenvalue weighted by molar-refractivity contribution is 0.438. The number of aromatic amines is 2. The van der Waals surface area contributed by atoms with Gasteiger partial charge >= 0.3 is 0 Å². The number of nitrogens with one attached hydrogen (secondary N) is 2. The number of nitrogens with zero attached hydrogens (tertiary/aromatic N) is 1. The van der Waals surface area contributed by atoms with E-state index in [9.17, 15) is 4.39 Å². The summed E-state index contributed by atoms with van der Waals surface area (Å²) < 4.78 is 19.8. The maximum Gasteiger partial charge on any atom is 0.213 e. The van der Waals surface area contributed by atoms with Crippen LogP contribution in [0.5, 0.6) is 11.5 Å². The summed E-state index contributed by atoms with van der Waals surface area (Å²) in [7, 11) is 0. The van der Waals surface area contributed by atoms with Crippen molar-refractivity contribution in [1.29, 1.82) is 0 Å². The second-order valence-corrected chi connectivity index (χ2v) is 5.40. The molecule has 1 heterocycles. The Morgan fingerprint density at radius 3 is 2.68 bits per heavy atom. The number of rotatable bonds is 4. The molecule has 7 heteroatoms. The van der Waals surface area contributed by atoms with Gasteiger partial charge in [0.2, 0.25) is 4.77 Å². The minimum Gasteiger partial charge on any atom is -0.454 e. The van der Waals surface area contributed by atoms with E-state index < -0.39 is 5.82 Å². The molecular weight excluding hydrogens is 325 g/mol. The highest BCUT2D eigenvalue weighted by molar-refractivity contribution is 7.71.